The molecule has 1 heterocycles. The average molecular weight is 380 g/mol. The van der Waals surface area contributed by atoms with Crippen molar-refractivity contribution >= 4 is 27.5 Å². The van der Waals surface area contributed by atoms with Crippen LogP contribution >= 0.6 is 15.9 Å². The van der Waals surface area contributed by atoms with Crippen molar-refractivity contribution in [3.63, 3.8) is 0 Å². The molecule has 6 heteroatoms. The van der Waals surface area contributed by atoms with Crippen molar-refractivity contribution in [1.82, 2.24) is 9.78 Å². The molecule has 0 fully saturated rings. The van der Waals surface area contributed by atoms with Gasteiger partial charge in [0.15, 0.2) is 0 Å². The molecule has 124 valence electrons. The number of halogens is 1. The van der Waals surface area contributed by atoms with Gasteiger partial charge in [0.2, 0.25) is 5.91 Å². The van der Waals surface area contributed by atoms with Gasteiger partial charge in [-0.05, 0) is 61.0 Å². The van der Waals surface area contributed by atoms with Crippen LogP contribution in [0.4, 0.5) is 5.69 Å². The highest BCUT2D eigenvalue weighted by Gasteiger charge is 2.17. The van der Waals surface area contributed by atoms with E-state index in [1.807, 2.05) is 56.6 Å². The normalized spacial score (nSPS) is 12.0. The van der Waals surface area contributed by atoms with E-state index >= 15 is 0 Å². The van der Waals surface area contributed by atoms with Crippen molar-refractivity contribution in [2.75, 3.05) is 11.9 Å². The minimum Gasteiger partial charge on any atom is -0.494 e. The zero-order chi connectivity index (χ0) is 17.0. The second-order valence-electron chi connectivity index (χ2n) is 5.51. The Morgan fingerprint density at radius 3 is 2.52 bits per heavy atom. The summed E-state index contributed by atoms with van der Waals surface area (Å²) in [6, 6.07) is 7.38. The van der Waals surface area contributed by atoms with Crippen LogP contribution in [0.15, 0.2) is 28.7 Å². The second kappa shape index (κ2) is 7.64. The van der Waals surface area contributed by atoms with Gasteiger partial charge in [-0.2, -0.15) is 5.10 Å². The summed E-state index contributed by atoms with van der Waals surface area (Å²) < 4.78 is 8.25. The molecule has 1 N–H and O–H groups in total. The average Bonchev–Trinajstić information content (AvgIpc) is 2.76. The van der Waals surface area contributed by atoms with E-state index in [1.165, 1.54) is 0 Å². The first-order chi connectivity index (χ1) is 10.9. The molecule has 5 nitrogen and oxygen atoms in total. The Bertz CT molecular complexity index is 680. The first-order valence-corrected chi connectivity index (χ1v) is 8.45. The van der Waals surface area contributed by atoms with Gasteiger partial charge in [-0.15, -0.1) is 0 Å². The minimum atomic E-state index is -0.188. The van der Waals surface area contributed by atoms with E-state index in [0.717, 1.165) is 27.3 Å². The van der Waals surface area contributed by atoms with Gasteiger partial charge in [-0.25, -0.2) is 0 Å². The van der Waals surface area contributed by atoms with Crippen LogP contribution in [-0.2, 0) is 11.3 Å². The largest absolute Gasteiger partial charge is 0.494 e. The molecule has 0 aliphatic heterocycles. The standard InChI is InChI=1S/C17H22BrN3O2/c1-5-23-15-8-6-14(7-9-15)19-17(22)11(2)10-21-13(4)16(18)12(3)20-21/h6-9,11H,5,10H2,1-4H3,(H,19,22). The Labute approximate surface area is 145 Å². The third-order valence-corrected chi connectivity index (χ3v) is 4.77. The van der Waals surface area contributed by atoms with Crippen LogP contribution in [0, 0.1) is 19.8 Å². The first-order valence-electron chi connectivity index (χ1n) is 7.65. The lowest BCUT2D eigenvalue weighted by Crippen LogP contribution is -2.25. The van der Waals surface area contributed by atoms with Crippen LogP contribution in [0.1, 0.15) is 25.2 Å². The molecule has 0 saturated carbocycles. The molecule has 1 atom stereocenters. The summed E-state index contributed by atoms with van der Waals surface area (Å²) >= 11 is 3.50. The van der Waals surface area contributed by atoms with E-state index in [2.05, 4.69) is 26.3 Å². The number of hydrogen-bond donors (Lipinski definition) is 1. The Balaban J connectivity index is 1.98. The zero-order valence-corrected chi connectivity index (χ0v) is 15.5. The predicted molar refractivity (Wildman–Crippen MR) is 94.8 cm³/mol. The van der Waals surface area contributed by atoms with Crippen LogP contribution < -0.4 is 10.1 Å². The number of amides is 1. The van der Waals surface area contributed by atoms with Gasteiger partial charge < -0.3 is 10.1 Å². The van der Waals surface area contributed by atoms with Crippen LogP contribution in [-0.4, -0.2) is 22.3 Å². The number of anilines is 1. The summed E-state index contributed by atoms with van der Waals surface area (Å²) in [6.45, 7) is 8.93. The number of benzene rings is 1. The van der Waals surface area contributed by atoms with E-state index in [4.69, 9.17) is 4.74 Å². The van der Waals surface area contributed by atoms with Crippen LogP contribution in [0.5, 0.6) is 5.75 Å². The summed E-state index contributed by atoms with van der Waals surface area (Å²) in [5.74, 6) is 0.579. The van der Waals surface area contributed by atoms with Crippen molar-refractivity contribution < 1.29 is 9.53 Å². The molecule has 0 bridgehead atoms. The maximum atomic E-state index is 12.3. The summed E-state index contributed by atoms with van der Waals surface area (Å²) in [5, 5.41) is 7.37. The second-order valence-corrected chi connectivity index (χ2v) is 6.31. The number of carbonyl (C=O) groups is 1. The molecule has 2 aromatic rings. The monoisotopic (exact) mass is 379 g/mol. The van der Waals surface area contributed by atoms with E-state index < -0.39 is 0 Å². The lowest BCUT2D eigenvalue weighted by atomic mass is 10.1. The quantitative estimate of drug-likeness (QED) is 0.826. The summed E-state index contributed by atoms with van der Waals surface area (Å²) in [4.78, 5) is 12.3. The number of carbonyl (C=O) groups excluding carboxylic acids is 1. The number of hydrogen-bond acceptors (Lipinski definition) is 3. The third kappa shape index (κ3) is 4.34. The van der Waals surface area contributed by atoms with Gasteiger partial charge >= 0.3 is 0 Å². The maximum Gasteiger partial charge on any atom is 0.229 e. The van der Waals surface area contributed by atoms with E-state index in [0.29, 0.717) is 13.2 Å². The van der Waals surface area contributed by atoms with Crippen molar-refractivity contribution in [1.29, 1.82) is 0 Å². The fraction of sp³-hybridized carbons (Fsp3) is 0.412. The van der Waals surface area contributed by atoms with Gasteiger partial charge in [0, 0.05) is 11.4 Å². The molecule has 0 radical (unpaired) electrons. The van der Waals surface area contributed by atoms with E-state index in [1.54, 1.807) is 0 Å². The third-order valence-electron chi connectivity index (χ3n) is 3.62. The molecular formula is C17H22BrN3O2. The van der Waals surface area contributed by atoms with Crippen LogP contribution in [0.3, 0.4) is 0 Å². The minimum absolute atomic E-state index is 0.0298. The fourth-order valence-corrected chi connectivity index (χ4v) is 2.55. The Morgan fingerprint density at radius 1 is 1.35 bits per heavy atom. The Morgan fingerprint density at radius 2 is 2.00 bits per heavy atom. The highest BCUT2D eigenvalue weighted by molar-refractivity contribution is 9.10. The number of nitrogens with one attached hydrogen (secondary N) is 1. The van der Waals surface area contributed by atoms with Gasteiger partial charge in [-0.1, -0.05) is 6.92 Å². The molecular weight excluding hydrogens is 358 g/mol. The number of ether oxygens (including phenoxy) is 1. The van der Waals surface area contributed by atoms with E-state index in [9.17, 15) is 4.79 Å². The topological polar surface area (TPSA) is 56.1 Å². The number of rotatable bonds is 6. The van der Waals surface area contributed by atoms with Crippen molar-refractivity contribution in [3.8, 4) is 5.75 Å². The lowest BCUT2D eigenvalue weighted by Gasteiger charge is -2.14. The fourth-order valence-electron chi connectivity index (χ4n) is 2.26. The van der Waals surface area contributed by atoms with Crippen LogP contribution in [0.2, 0.25) is 0 Å². The zero-order valence-electron chi connectivity index (χ0n) is 13.9. The molecule has 0 aliphatic rings. The lowest BCUT2D eigenvalue weighted by molar-refractivity contribution is -0.119. The smallest absolute Gasteiger partial charge is 0.229 e. The molecule has 0 spiro atoms. The Kier molecular flexibility index (Phi) is 5.82. The highest BCUT2D eigenvalue weighted by atomic mass is 79.9. The molecule has 23 heavy (non-hydrogen) atoms. The van der Waals surface area contributed by atoms with Crippen molar-refractivity contribution in [2.45, 2.75) is 34.2 Å². The summed E-state index contributed by atoms with van der Waals surface area (Å²) in [6.07, 6.45) is 0. The Hall–Kier alpha value is -1.82. The summed E-state index contributed by atoms with van der Waals surface area (Å²) in [7, 11) is 0. The number of nitrogens with zero attached hydrogens (tertiary/aromatic N) is 2. The van der Waals surface area contributed by atoms with Crippen molar-refractivity contribution in [3.05, 3.63) is 40.1 Å². The van der Waals surface area contributed by atoms with E-state index in [-0.39, 0.29) is 11.8 Å². The predicted octanol–water partition coefficient (Wildman–Crippen LogP) is 3.94. The van der Waals surface area contributed by atoms with Crippen molar-refractivity contribution in [2.24, 2.45) is 5.92 Å². The summed E-state index contributed by atoms with van der Waals surface area (Å²) in [5.41, 5.74) is 2.73. The first kappa shape index (κ1) is 17.5. The molecule has 1 aromatic heterocycles. The number of aryl methyl sites for hydroxylation is 1. The molecule has 2 rings (SSSR count). The number of aromatic nitrogens is 2. The molecule has 0 saturated heterocycles. The molecule has 0 aliphatic carbocycles. The SMILES string of the molecule is CCOc1ccc(NC(=O)C(C)Cn2nc(C)c(Br)c2C)cc1. The van der Waals surface area contributed by atoms with Gasteiger partial charge in [0.25, 0.3) is 0 Å². The van der Waals surface area contributed by atoms with Gasteiger partial charge in [-0.3, -0.25) is 9.48 Å². The highest BCUT2D eigenvalue weighted by Crippen LogP contribution is 2.21. The van der Waals surface area contributed by atoms with Crippen LogP contribution in [0.25, 0.3) is 0 Å². The maximum absolute atomic E-state index is 12.3. The van der Waals surface area contributed by atoms with Gasteiger partial charge in [0.05, 0.1) is 29.2 Å². The molecule has 1 aromatic carbocycles. The molecule has 1 unspecified atom stereocenters. The van der Waals surface area contributed by atoms with Gasteiger partial charge in [0.1, 0.15) is 5.75 Å². The molecule has 1 amide bonds.